The van der Waals surface area contributed by atoms with Crippen LogP contribution in [0.1, 0.15) is 24.1 Å². The molecular formula is C16H19BrN2S. The maximum Gasteiger partial charge on any atom is 0.0963 e. The van der Waals surface area contributed by atoms with Crippen molar-refractivity contribution in [1.82, 2.24) is 10.3 Å². The van der Waals surface area contributed by atoms with Gasteiger partial charge < -0.3 is 5.32 Å². The van der Waals surface area contributed by atoms with Gasteiger partial charge in [0.15, 0.2) is 0 Å². The van der Waals surface area contributed by atoms with Gasteiger partial charge in [-0.3, -0.25) is 0 Å². The molecule has 2 rings (SSSR count). The maximum absolute atomic E-state index is 4.43. The van der Waals surface area contributed by atoms with Gasteiger partial charge in [0.05, 0.1) is 5.03 Å². The minimum absolute atomic E-state index is 0.311. The summed E-state index contributed by atoms with van der Waals surface area (Å²) in [5, 5.41) is 4.86. The molecule has 0 saturated carbocycles. The number of aromatic nitrogens is 1. The highest BCUT2D eigenvalue weighted by molar-refractivity contribution is 9.10. The number of thioether (sulfide) groups is 1. The van der Waals surface area contributed by atoms with Crippen molar-refractivity contribution in [3.05, 3.63) is 58.2 Å². The fourth-order valence-corrected chi connectivity index (χ4v) is 3.44. The minimum atomic E-state index is 0.311. The number of aryl methyl sites for hydroxylation is 1. The van der Waals surface area contributed by atoms with Gasteiger partial charge in [-0.1, -0.05) is 36.8 Å². The summed E-state index contributed by atoms with van der Waals surface area (Å²) < 4.78 is 1.01. The average molecular weight is 351 g/mol. The van der Waals surface area contributed by atoms with Gasteiger partial charge in [0.25, 0.3) is 0 Å². The van der Waals surface area contributed by atoms with E-state index in [1.807, 2.05) is 25.4 Å². The van der Waals surface area contributed by atoms with Gasteiger partial charge in [-0.2, -0.15) is 0 Å². The lowest BCUT2D eigenvalue weighted by Gasteiger charge is -2.23. The molecule has 2 nitrogen and oxygen atoms in total. The zero-order valence-electron chi connectivity index (χ0n) is 11.9. The lowest BCUT2D eigenvalue weighted by molar-refractivity contribution is 0.589. The highest BCUT2D eigenvalue weighted by Gasteiger charge is 2.18. The van der Waals surface area contributed by atoms with E-state index in [-0.39, 0.29) is 0 Å². The van der Waals surface area contributed by atoms with E-state index in [4.69, 9.17) is 0 Å². The van der Waals surface area contributed by atoms with E-state index in [1.165, 1.54) is 11.1 Å². The molecule has 0 radical (unpaired) electrons. The second-order valence-electron chi connectivity index (χ2n) is 4.81. The summed E-state index contributed by atoms with van der Waals surface area (Å²) in [6.07, 6.45) is 1.84. The van der Waals surface area contributed by atoms with Crippen LogP contribution in [-0.2, 0) is 0 Å². The van der Waals surface area contributed by atoms with Gasteiger partial charge in [-0.15, -0.1) is 11.8 Å². The van der Waals surface area contributed by atoms with Gasteiger partial charge in [0, 0.05) is 22.0 Å². The summed E-state index contributed by atoms with van der Waals surface area (Å²) in [4.78, 5) is 4.43. The van der Waals surface area contributed by atoms with Crippen molar-refractivity contribution in [3.8, 4) is 0 Å². The SMILES string of the molecule is CNC(c1ccc(C)cc1)C(C)Sc1ccc(Br)cn1. The molecule has 106 valence electrons. The molecule has 0 aliphatic carbocycles. The number of halogens is 1. The number of nitrogens with zero attached hydrogens (tertiary/aromatic N) is 1. The number of hydrogen-bond acceptors (Lipinski definition) is 3. The predicted molar refractivity (Wildman–Crippen MR) is 90.2 cm³/mol. The van der Waals surface area contributed by atoms with Gasteiger partial charge in [-0.05, 0) is 47.6 Å². The van der Waals surface area contributed by atoms with E-state index < -0.39 is 0 Å². The van der Waals surface area contributed by atoms with E-state index in [1.54, 1.807) is 11.8 Å². The smallest absolute Gasteiger partial charge is 0.0963 e. The summed E-state index contributed by atoms with van der Waals surface area (Å²) >= 11 is 5.20. The summed E-state index contributed by atoms with van der Waals surface area (Å²) in [5.74, 6) is 0. The van der Waals surface area contributed by atoms with Crippen molar-refractivity contribution in [1.29, 1.82) is 0 Å². The topological polar surface area (TPSA) is 24.9 Å². The Morgan fingerprint density at radius 2 is 1.85 bits per heavy atom. The molecule has 2 aromatic rings. The average Bonchev–Trinajstić information content (AvgIpc) is 2.44. The second kappa shape index (κ2) is 7.25. The van der Waals surface area contributed by atoms with E-state index >= 15 is 0 Å². The molecule has 0 bridgehead atoms. The molecule has 0 spiro atoms. The fourth-order valence-electron chi connectivity index (χ4n) is 2.14. The van der Waals surface area contributed by atoms with E-state index in [2.05, 4.69) is 64.3 Å². The standard InChI is InChI=1S/C16H19BrN2S/c1-11-4-6-13(7-5-11)16(18-3)12(2)20-15-9-8-14(17)10-19-15/h4-10,12,16,18H,1-3H3. The second-order valence-corrected chi connectivity index (χ2v) is 7.13. The Morgan fingerprint density at radius 1 is 1.15 bits per heavy atom. The first kappa shape index (κ1) is 15.5. The molecule has 0 amide bonds. The van der Waals surface area contributed by atoms with Gasteiger partial charge in [-0.25, -0.2) is 4.98 Å². The van der Waals surface area contributed by atoms with Crippen LogP contribution in [0.5, 0.6) is 0 Å². The van der Waals surface area contributed by atoms with Crippen molar-refractivity contribution in [3.63, 3.8) is 0 Å². The number of benzene rings is 1. The lowest BCUT2D eigenvalue weighted by atomic mass is 10.0. The third kappa shape index (κ3) is 4.08. The largest absolute Gasteiger partial charge is 0.312 e. The van der Waals surface area contributed by atoms with Gasteiger partial charge in [0.1, 0.15) is 0 Å². The van der Waals surface area contributed by atoms with Gasteiger partial charge in [0.2, 0.25) is 0 Å². The molecule has 2 atom stereocenters. The molecule has 1 heterocycles. The highest BCUT2D eigenvalue weighted by Crippen LogP contribution is 2.31. The van der Waals surface area contributed by atoms with E-state index in [0.717, 1.165) is 9.50 Å². The van der Waals surface area contributed by atoms with Crippen LogP contribution in [0.3, 0.4) is 0 Å². The molecule has 4 heteroatoms. The number of pyridine rings is 1. The first-order chi connectivity index (χ1) is 9.60. The molecule has 1 N–H and O–H groups in total. The number of rotatable bonds is 5. The lowest BCUT2D eigenvalue weighted by Crippen LogP contribution is -2.25. The predicted octanol–water partition coefficient (Wildman–Crippen LogP) is 4.59. The molecule has 0 saturated heterocycles. The quantitative estimate of drug-likeness (QED) is 0.798. The Balaban J connectivity index is 2.10. The van der Waals surface area contributed by atoms with Crippen LogP contribution in [0.15, 0.2) is 52.1 Å². The summed E-state index contributed by atoms with van der Waals surface area (Å²) in [7, 11) is 2.01. The van der Waals surface area contributed by atoms with Crippen LogP contribution < -0.4 is 5.32 Å². The first-order valence-corrected chi connectivity index (χ1v) is 8.29. The molecule has 0 fully saturated rings. The van der Waals surface area contributed by atoms with Crippen LogP contribution in [-0.4, -0.2) is 17.3 Å². The molecule has 20 heavy (non-hydrogen) atoms. The van der Waals surface area contributed by atoms with E-state index in [9.17, 15) is 0 Å². The third-order valence-electron chi connectivity index (χ3n) is 3.22. The fraction of sp³-hybridized carbons (Fsp3) is 0.312. The molecule has 1 aromatic carbocycles. The summed E-state index contributed by atoms with van der Waals surface area (Å²) in [6, 6.07) is 13.1. The monoisotopic (exact) mass is 350 g/mol. The Morgan fingerprint density at radius 3 is 2.40 bits per heavy atom. The van der Waals surface area contributed by atoms with Crippen molar-refractivity contribution in [2.24, 2.45) is 0 Å². The summed E-state index contributed by atoms with van der Waals surface area (Å²) in [5.41, 5.74) is 2.61. The zero-order chi connectivity index (χ0) is 14.5. The molecule has 1 aromatic heterocycles. The van der Waals surface area contributed by atoms with Crippen LogP contribution in [0.4, 0.5) is 0 Å². The summed E-state index contributed by atoms with van der Waals surface area (Å²) in [6.45, 7) is 4.34. The highest BCUT2D eigenvalue weighted by atomic mass is 79.9. The Labute approximate surface area is 133 Å². The van der Waals surface area contributed by atoms with Crippen LogP contribution in [0.25, 0.3) is 0 Å². The van der Waals surface area contributed by atoms with Crippen LogP contribution in [0.2, 0.25) is 0 Å². The Bertz CT molecular complexity index is 539. The molecule has 0 aliphatic rings. The molecular weight excluding hydrogens is 332 g/mol. The third-order valence-corrected chi connectivity index (χ3v) is 4.82. The molecule has 0 aliphatic heterocycles. The maximum atomic E-state index is 4.43. The minimum Gasteiger partial charge on any atom is -0.312 e. The Hall–Kier alpha value is -0.840. The molecule has 2 unspecified atom stereocenters. The van der Waals surface area contributed by atoms with Crippen molar-refractivity contribution < 1.29 is 0 Å². The van der Waals surface area contributed by atoms with Crippen molar-refractivity contribution in [2.45, 2.75) is 30.2 Å². The van der Waals surface area contributed by atoms with Crippen LogP contribution >= 0.6 is 27.7 Å². The van der Waals surface area contributed by atoms with Crippen molar-refractivity contribution >= 4 is 27.7 Å². The zero-order valence-corrected chi connectivity index (χ0v) is 14.3. The van der Waals surface area contributed by atoms with Gasteiger partial charge >= 0.3 is 0 Å². The normalized spacial score (nSPS) is 14.0. The number of hydrogen-bond donors (Lipinski definition) is 1. The number of nitrogens with one attached hydrogen (secondary N) is 1. The van der Waals surface area contributed by atoms with E-state index in [0.29, 0.717) is 11.3 Å². The Kier molecular flexibility index (Phi) is 5.64. The van der Waals surface area contributed by atoms with Crippen molar-refractivity contribution in [2.75, 3.05) is 7.05 Å². The first-order valence-electron chi connectivity index (χ1n) is 6.62. The van der Waals surface area contributed by atoms with Crippen LogP contribution in [0, 0.1) is 6.92 Å².